The molecule has 2 N–H and O–H groups in total. The second-order valence-electron chi connectivity index (χ2n) is 7.49. The molecule has 0 aliphatic carbocycles. The van der Waals surface area contributed by atoms with Crippen LogP contribution in [0.4, 0.5) is 16.2 Å². The van der Waals surface area contributed by atoms with E-state index in [1.165, 1.54) is 30.2 Å². The third-order valence-electron chi connectivity index (χ3n) is 4.40. The number of methoxy groups -OCH3 is 1. The number of nitrogens with zero attached hydrogens (tertiary/aromatic N) is 1. The number of esters is 1. The van der Waals surface area contributed by atoms with Crippen molar-refractivity contribution in [3.63, 3.8) is 0 Å². The Balaban J connectivity index is 1.80. The molecule has 2 aromatic rings. The van der Waals surface area contributed by atoms with Crippen molar-refractivity contribution in [2.45, 2.75) is 26.3 Å². The Bertz CT molecular complexity index is 1020. The lowest BCUT2D eigenvalue weighted by Crippen LogP contribution is -2.45. The second kappa shape index (κ2) is 7.38. The minimum absolute atomic E-state index is 0.209. The maximum Gasteiger partial charge on any atom is 0.339 e. The molecule has 2 aromatic carbocycles. The first kappa shape index (κ1) is 20.1. The number of ether oxygens (including phenoxy) is 1. The molecule has 0 atom stereocenters. The average Bonchev–Trinajstić information content (AvgIpc) is 2.91. The third kappa shape index (κ3) is 3.82. The summed E-state index contributed by atoms with van der Waals surface area (Å²) in [4.78, 5) is 50.6. The van der Waals surface area contributed by atoms with Crippen molar-refractivity contribution < 1.29 is 23.9 Å². The van der Waals surface area contributed by atoms with Crippen LogP contribution >= 0.6 is 0 Å². The summed E-state index contributed by atoms with van der Waals surface area (Å²) in [5.41, 5.74) is 0.706. The fraction of sp³-hybridized carbons (Fsp3) is 0.238. The molecule has 1 aliphatic heterocycles. The maximum absolute atomic E-state index is 12.7. The van der Waals surface area contributed by atoms with Crippen LogP contribution in [0.15, 0.2) is 42.5 Å². The number of carbonyl (C=O) groups is 4. The predicted molar refractivity (Wildman–Crippen MR) is 107 cm³/mol. The molecule has 1 aliphatic rings. The van der Waals surface area contributed by atoms with Gasteiger partial charge in [0.05, 0.1) is 29.5 Å². The lowest BCUT2D eigenvalue weighted by molar-refractivity contribution is 0.0506. The van der Waals surface area contributed by atoms with E-state index in [0.717, 1.165) is 0 Å². The minimum Gasteiger partial charge on any atom is -0.465 e. The van der Waals surface area contributed by atoms with E-state index in [9.17, 15) is 19.2 Å². The summed E-state index contributed by atoms with van der Waals surface area (Å²) in [6, 6.07) is 10.3. The third-order valence-corrected chi connectivity index (χ3v) is 4.40. The van der Waals surface area contributed by atoms with Crippen molar-refractivity contribution in [3.05, 3.63) is 59.2 Å². The topological polar surface area (TPSA) is 105 Å². The quantitative estimate of drug-likeness (QED) is 0.611. The molecule has 0 saturated heterocycles. The van der Waals surface area contributed by atoms with Gasteiger partial charge in [-0.05, 0) is 51.1 Å². The van der Waals surface area contributed by atoms with Gasteiger partial charge in [-0.15, -0.1) is 0 Å². The van der Waals surface area contributed by atoms with Gasteiger partial charge in [0.2, 0.25) is 0 Å². The number of benzene rings is 2. The van der Waals surface area contributed by atoms with E-state index in [2.05, 4.69) is 10.6 Å². The minimum atomic E-state index is -0.657. The van der Waals surface area contributed by atoms with Crippen molar-refractivity contribution in [2.75, 3.05) is 17.7 Å². The van der Waals surface area contributed by atoms with E-state index in [1.807, 2.05) is 0 Å². The SMILES string of the molecule is COC(=O)c1ccccc1NC(=O)Nc1ccc2c(c1)C(=O)N(C(C)(C)C)C2=O. The summed E-state index contributed by atoms with van der Waals surface area (Å²) < 4.78 is 4.70. The Morgan fingerprint density at radius 2 is 1.59 bits per heavy atom. The highest BCUT2D eigenvalue weighted by Gasteiger charge is 2.41. The number of fused-ring (bicyclic) bond motifs is 1. The summed E-state index contributed by atoms with van der Waals surface area (Å²) in [7, 11) is 1.25. The van der Waals surface area contributed by atoms with Crippen LogP contribution in [0.1, 0.15) is 51.8 Å². The Morgan fingerprint density at radius 1 is 0.931 bits per heavy atom. The van der Waals surface area contributed by atoms with Crippen molar-refractivity contribution in [1.82, 2.24) is 4.90 Å². The van der Waals surface area contributed by atoms with Gasteiger partial charge in [-0.2, -0.15) is 0 Å². The molecule has 150 valence electrons. The first-order chi connectivity index (χ1) is 13.6. The number of hydrogen-bond acceptors (Lipinski definition) is 5. The molecule has 4 amide bonds. The normalized spacial score (nSPS) is 13.2. The fourth-order valence-electron chi connectivity index (χ4n) is 3.09. The van der Waals surface area contributed by atoms with Crippen LogP contribution in [-0.4, -0.2) is 41.4 Å². The number of rotatable bonds is 3. The van der Waals surface area contributed by atoms with E-state index in [1.54, 1.807) is 45.0 Å². The molecule has 3 rings (SSSR count). The highest BCUT2D eigenvalue weighted by molar-refractivity contribution is 6.22. The zero-order valence-corrected chi connectivity index (χ0v) is 16.5. The Labute approximate surface area is 167 Å². The fourth-order valence-corrected chi connectivity index (χ4v) is 3.09. The van der Waals surface area contributed by atoms with Crippen LogP contribution in [0, 0.1) is 0 Å². The first-order valence-electron chi connectivity index (χ1n) is 8.92. The monoisotopic (exact) mass is 395 g/mol. The number of urea groups is 1. The van der Waals surface area contributed by atoms with Crippen molar-refractivity contribution >= 4 is 35.2 Å². The standard InChI is InChI=1S/C21H21N3O5/c1-21(2,3)24-17(25)13-10-9-12(11-15(13)18(24)26)22-20(28)23-16-8-6-5-7-14(16)19(27)29-4/h5-11H,1-4H3,(H2,22,23,28). The average molecular weight is 395 g/mol. The zero-order chi connectivity index (χ0) is 21.3. The Kier molecular flexibility index (Phi) is 5.11. The van der Waals surface area contributed by atoms with E-state index >= 15 is 0 Å². The lowest BCUT2D eigenvalue weighted by atomic mass is 10.1. The molecule has 29 heavy (non-hydrogen) atoms. The van der Waals surface area contributed by atoms with Crippen LogP contribution in [-0.2, 0) is 4.74 Å². The molecule has 0 unspecified atom stereocenters. The molecule has 1 heterocycles. The molecule has 0 aromatic heterocycles. The van der Waals surface area contributed by atoms with Crippen LogP contribution in [0.2, 0.25) is 0 Å². The molecule has 0 fully saturated rings. The zero-order valence-electron chi connectivity index (χ0n) is 16.5. The van der Waals surface area contributed by atoms with E-state index in [4.69, 9.17) is 4.74 Å². The van der Waals surface area contributed by atoms with Crippen molar-refractivity contribution in [2.24, 2.45) is 0 Å². The van der Waals surface area contributed by atoms with Gasteiger partial charge in [-0.1, -0.05) is 12.1 Å². The second-order valence-corrected chi connectivity index (χ2v) is 7.49. The summed E-state index contributed by atoms with van der Waals surface area (Å²) in [6.07, 6.45) is 0. The number of para-hydroxylation sites is 1. The van der Waals surface area contributed by atoms with Gasteiger partial charge in [-0.3, -0.25) is 14.5 Å². The van der Waals surface area contributed by atoms with Gasteiger partial charge in [0.25, 0.3) is 11.8 Å². The molecule has 0 bridgehead atoms. The van der Waals surface area contributed by atoms with Crippen LogP contribution in [0.25, 0.3) is 0 Å². The number of imide groups is 1. The first-order valence-corrected chi connectivity index (χ1v) is 8.92. The number of carbonyl (C=O) groups excluding carboxylic acids is 4. The highest BCUT2D eigenvalue weighted by Crippen LogP contribution is 2.31. The van der Waals surface area contributed by atoms with Crippen LogP contribution < -0.4 is 10.6 Å². The summed E-state index contributed by atoms with van der Waals surface area (Å²) in [5.74, 6) is -1.34. The Morgan fingerprint density at radius 3 is 2.24 bits per heavy atom. The molecule has 8 heteroatoms. The number of hydrogen-bond donors (Lipinski definition) is 2. The van der Waals surface area contributed by atoms with E-state index in [0.29, 0.717) is 11.3 Å². The van der Waals surface area contributed by atoms with Gasteiger partial charge in [0.1, 0.15) is 0 Å². The lowest BCUT2D eigenvalue weighted by Gasteiger charge is -2.29. The smallest absolute Gasteiger partial charge is 0.339 e. The van der Waals surface area contributed by atoms with Crippen molar-refractivity contribution in [3.8, 4) is 0 Å². The van der Waals surface area contributed by atoms with Crippen LogP contribution in [0.3, 0.4) is 0 Å². The molecular weight excluding hydrogens is 374 g/mol. The molecule has 0 saturated carbocycles. The van der Waals surface area contributed by atoms with E-state index in [-0.39, 0.29) is 22.7 Å². The predicted octanol–water partition coefficient (Wildman–Crippen LogP) is 3.51. The summed E-state index contributed by atoms with van der Waals surface area (Å²) in [5, 5.41) is 5.19. The molecule has 0 spiro atoms. The number of anilines is 2. The molecule has 0 radical (unpaired) electrons. The number of amides is 4. The molecule has 8 nitrogen and oxygen atoms in total. The number of nitrogens with one attached hydrogen (secondary N) is 2. The van der Waals surface area contributed by atoms with Gasteiger partial charge >= 0.3 is 12.0 Å². The van der Waals surface area contributed by atoms with E-state index < -0.39 is 23.4 Å². The maximum atomic E-state index is 12.7. The largest absolute Gasteiger partial charge is 0.465 e. The van der Waals surface area contributed by atoms with Crippen LogP contribution in [0.5, 0.6) is 0 Å². The summed E-state index contributed by atoms with van der Waals surface area (Å²) in [6.45, 7) is 5.33. The molecular formula is C21H21N3O5. The van der Waals surface area contributed by atoms with Gasteiger partial charge in [0.15, 0.2) is 0 Å². The highest BCUT2D eigenvalue weighted by atomic mass is 16.5. The van der Waals surface area contributed by atoms with Gasteiger partial charge in [-0.25, -0.2) is 9.59 Å². The summed E-state index contributed by atoms with van der Waals surface area (Å²) >= 11 is 0. The van der Waals surface area contributed by atoms with Gasteiger partial charge < -0.3 is 15.4 Å². The van der Waals surface area contributed by atoms with Gasteiger partial charge in [0, 0.05) is 11.2 Å². The Hall–Kier alpha value is -3.68. The van der Waals surface area contributed by atoms with Crippen molar-refractivity contribution in [1.29, 1.82) is 0 Å².